The average molecular weight is 286 g/mol. The van der Waals surface area contributed by atoms with E-state index in [0.717, 1.165) is 24.4 Å². The van der Waals surface area contributed by atoms with Crippen LogP contribution in [0.15, 0.2) is 0 Å². The Kier molecular flexibility index (Phi) is 7.58. The number of hydrogen-bond acceptors (Lipinski definition) is 4. The first-order valence-corrected chi connectivity index (χ1v) is 9.10. The third-order valence-corrected chi connectivity index (χ3v) is 6.11. The summed E-state index contributed by atoms with van der Waals surface area (Å²) in [7, 11) is 0. The van der Waals surface area contributed by atoms with Crippen LogP contribution < -0.4 is 11.3 Å². The lowest BCUT2D eigenvalue weighted by atomic mass is 9.92. The van der Waals surface area contributed by atoms with Gasteiger partial charge in [0.1, 0.15) is 0 Å². The second kappa shape index (κ2) is 9.22. The predicted molar refractivity (Wildman–Crippen MR) is 83.2 cm³/mol. The van der Waals surface area contributed by atoms with Gasteiger partial charge < -0.3 is 4.74 Å². The second-order valence-electron chi connectivity index (χ2n) is 6.02. The molecule has 3 nitrogen and oxygen atoms in total. The Labute approximate surface area is 122 Å². The van der Waals surface area contributed by atoms with Crippen molar-refractivity contribution in [2.45, 2.75) is 69.1 Å². The number of nitrogens with one attached hydrogen (secondary N) is 1. The molecule has 0 amide bonds. The Hall–Kier alpha value is 0.230. The van der Waals surface area contributed by atoms with Crippen LogP contribution in [0, 0.1) is 5.92 Å². The number of ether oxygens (including phenoxy) is 1. The largest absolute Gasteiger partial charge is 0.381 e. The smallest absolute Gasteiger partial charge is 0.0468 e. The highest BCUT2D eigenvalue weighted by atomic mass is 32.2. The predicted octanol–water partition coefficient (Wildman–Crippen LogP) is 3.09. The van der Waals surface area contributed by atoms with Crippen LogP contribution in [0.3, 0.4) is 0 Å². The van der Waals surface area contributed by atoms with E-state index in [-0.39, 0.29) is 0 Å². The fourth-order valence-electron chi connectivity index (χ4n) is 3.29. The molecule has 0 spiro atoms. The van der Waals surface area contributed by atoms with E-state index in [2.05, 4.69) is 17.2 Å². The Morgan fingerprint density at radius 1 is 1.16 bits per heavy atom. The van der Waals surface area contributed by atoms with Gasteiger partial charge in [0.15, 0.2) is 0 Å². The summed E-state index contributed by atoms with van der Waals surface area (Å²) < 4.78 is 5.41. The molecule has 2 aliphatic heterocycles. The molecule has 2 rings (SSSR count). The number of hydrogen-bond donors (Lipinski definition) is 2. The standard InChI is InChI=1S/C15H30N2OS/c16-17-14(15-7-3-4-12-19-15)6-2-1-5-13-8-10-18-11-9-13/h13-15,17H,1-12,16H2. The van der Waals surface area contributed by atoms with Crippen LogP contribution in [0.2, 0.25) is 0 Å². The van der Waals surface area contributed by atoms with Crippen molar-refractivity contribution < 1.29 is 4.74 Å². The van der Waals surface area contributed by atoms with Crippen molar-refractivity contribution in [3.63, 3.8) is 0 Å². The highest BCUT2D eigenvalue weighted by Gasteiger charge is 2.23. The molecule has 0 aromatic heterocycles. The normalized spacial score (nSPS) is 27.3. The minimum Gasteiger partial charge on any atom is -0.381 e. The van der Waals surface area contributed by atoms with E-state index < -0.39 is 0 Å². The molecule has 2 heterocycles. The molecule has 0 aromatic rings. The topological polar surface area (TPSA) is 47.3 Å². The number of hydrazine groups is 1. The lowest BCUT2D eigenvalue weighted by molar-refractivity contribution is 0.0630. The third kappa shape index (κ3) is 5.62. The minimum absolute atomic E-state index is 0.528. The lowest BCUT2D eigenvalue weighted by Gasteiger charge is -2.29. The zero-order valence-corrected chi connectivity index (χ0v) is 12.9. The van der Waals surface area contributed by atoms with Gasteiger partial charge >= 0.3 is 0 Å². The maximum Gasteiger partial charge on any atom is 0.0468 e. The van der Waals surface area contributed by atoms with Crippen molar-refractivity contribution in [3.05, 3.63) is 0 Å². The number of rotatable bonds is 7. The lowest BCUT2D eigenvalue weighted by Crippen LogP contribution is -2.43. The molecule has 2 aliphatic rings. The Morgan fingerprint density at radius 2 is 2.00 bits per heavy atom. The first-order chi connectivity index (χ1) is 9.40. The van der Waals surface area contributed by atoms with E-state index in [4.69, 9.17) is 10.6 Å². The van der Waals surface area contributed by atoms with Crippen LogP contribution in [-0.2, 0) is 4.74 Å². The summed E-state index contributed by atoms with van der Waals surface area (Å²) in [6.07, 6.45) is 12.0. The fraction of sp³-hybridized carbons (Fsp3) is 1.00. The molecule has 3 N–H and O–H groups in total. The first-order valence-electron chi connectivity index (χ1n) is 8.05. The van der Waals surface area contributed by atoms with Crippen molar-refractivity contribution in [2.75, 3.05) is 19.0 Å². The van der Waals surface area contributed by atoms with Crippen molar-refractivity contribution in [1.29, 1.82) is 0 Å². The molecule has 0 radical (unpaired) electrons. The van der Waals surface area contributed by atoms with Crippen LogP contribution >= 0.6 is 11.8 Å². The van der Waals surface area contributed by atoms with Crippen LogP contribution in [0.5, 0.6) is 0 Å². The summed E-state index contributed by atoms with van der Waals surface area (Å²) in [5, 5.41) is 0.752. The van der Waals surface area contributed by atoms with E-state index >= 15 is 0 Å². The van der Waals surface area contributed by atoms with Crippen molar-refractivity contribution in [2.24, 2.45) is 11.8 Å². The van der Waals surface area contributed by atoms with Crippen LogP contribution in [0.1, 0.15) is 57.8 Å². The van der Waals surface area contributed by atoms with Gasteiger partial charge in [-0.3, -0.25) is 11.3 Å². The average Bonchev–Trinajstić information content (AvgIpc) is 2.49. The second-order valence-corrected chi connectivity index (χ2v) is 7.37. The van der Waals surface area contributed by atoms with Crippen LogP contribution in [-0.4, -0.2) is 30.3 Å². The summed E-state index contributed by atoms with van der Waals surface area (Å²) in [6.45, 7) is 1.97. The molecule has 2 saturated heterocycles. The maximum atomic E-state index is 5.75. The molecule has 112 valence electrons. The van der Waals surface area contributed by atoms with Crippen molar-refractivity contribution >= 4 is 11.8 Å². The molecule has 0 aromatic carbocycles. The van der Waals surface area contributed by atoms with Gasteiger partial charge in [-0.1, -0.05) is 25.7 Å². The number of thioether (sulfide) groups is 1. The highest BCUT2D eigenvalue weighted by molar-refractivity contribution is 8.00. The van der Waals surface area contributed by atoms with E-state index in [1.165, 1.54) is 63.5 Å². The molecular weight excluding hydrogens is 256 g/mol. The first kappa shape index (κ1) is 15.6. The van der Waals surface area contributed by atoms with Gasteiger partial charge in [0.2, 0.25) is 0 Å². The minimum atomic E-state index is 0.528. The maximum absolute atomic E-state index is 5.75. The molecular formula is C15H30N2OS. The van der Waals surface area contributed by atoms with Gasteiger partial charge in [-0.05, 0) is 43.8 Å². The zero-order chi connectivity index (χ0) is 13.3. The van der Waals surface area contributed by atoms with Gasteiger partial charge in [-0.2, -0.15) is 11.8 Å². The molecule has 0 aliphatic carbocycles. The zero-order valence-electron chi connectivity index (χ0n) is 12.1. The monoisotopic (exact) mass is 286 g/mol. The molecule has 4 heteroatoms. The van der Waals surface area contributed by atoms with E-state index in [1.54, 1.807) is 0 Å². The Bertz CT molecular complexity index is 228. The molecule has 2 fully saturated rings. The molecule has 0 bridgehead atoms. The SMILES string of the molecule is NNC(CCCCC1CCOCC1)C1CCCCS1. The van der Waals surface area contributed by atoms with Gasteiger partial charge in [0, 0.05) is 24.5 Å². The van der Waals surface area contributed by atoms with E-state index in [1.807, 2.05) is 0 Å². The molecule has 0 saturated carbocycles. The number of nitrogens with two attached hydrogens (primary N) is 1. The summed E-state index contributed by atoms with van der Waals surface area (Å²) in [5.41, 5.74) is 3.07. The Morgan fingerprint density at radius 3 is 2.68 bits per heavy atom. The molecule has 19 heavy (non-hydrogen) atoms. The van der Waals surface area contributed by atoms with Gasteiger partial charge in [0.05, 0.1) is 0 Å². The molecule has 2 unspecified atom stereocenters. The Balaban J connectivity index is 1.57. The van der Waals surface area contributed by atoms with Gasteiger partial charge in [-0.15, -0.1) is 0 Å². The van der Waals surface area contributed by atoms with E-state index in [0.29, 0.717) is 6.04 Å². The van der Waals surface area contributed by atoms with Gasteiger partial charge in [0.25, 0.3) is 0 Å². The van der Waals surface area contributed by atoms with Crippen molar-refractivity contribution in [3.8, 4) is 0 Å². The summed E-state index contributed by atoms with van der Waals surface area (Å²) in [5.74, 6) is 7.99. The summed E-state index contributed by atoms with van der Waals surface area (Å²) in [4.78, 5) is 0. The quantitative estimate of drug-likeness (QED) is 0.429. The highest BCUT2D eigenvalue weighted by Crippen LogP contribution is 2.29. The summed E-state index contributed by atoms with van der Waals surface area (Å²) >= 11 is 2.12. The van der Waals surface area contributed by atoms with Crippen LogP contribution in [0.4, 0.5) is 0 Å². The fourth-order valence-corrected chi connectivity index (χ4v) is 4.75. The summed E-state index contributed by atoms with van der Waals surface area (Å²) in [6, 6.07) is 0.528. The molecule has 2 atom stereocenters. The third-order valence-electron chi connectivity index (χ3n) is 4.60. The van der Waals surface area contributed by atoms with Crippen molar-refractivity contribution in [1.82, 2.24) is 5.43 Å². The van der Waals surface area contributed by atoms with Crippen LogP contribution in [0.25, 0.3) is 0 Å². The number of unbranched alkanes of at least 4 members (excludes halogenated alkanes) is 1. The van der Waals surface area contributed by atoms with E-state index in [9.17, 15) is 0 Å². The van der Waals surface area contributed by atoms with Gasteiger partial charge in [-0.25, -0.2) is 0 Å².